The number of likely N-dealkylation sites (tertiary alicyclic amines) is 1. The number of hydrogen-bond acceptors (Lipinski definition) is 4. The highest BCUT2D eigenvalue weighted by atomic mass is 16.5. The van der Waals surface area contributed by atoms with Gasteiger partial charge in [0.25, 0.3) is 0 Å². The van der Waals surface area contributed by atoms with Crippen molar-refractivity contribution in [2.45, 2.75) is 45.6 Å². The number of nitrogens with zero attached hydrogens (tertiary/aromatic N) is 1. The van der Waals surface area contributed by atoms with E-state index < -0.39 is 23.5 Å². The maximum atomic E-state index is 12.5. The zero-order valence-corrected chi connectivity index (χ0v) is 19.9. The third-order valence-electron chi connectivity index (χ3n) is 6.96. The van der Waals surface area contributed by atoms with E-state index in [0.29, 0.717) is 19.5 Å². The van der Waals surface area contributed by atoms with Gasteiger partial charge in [0.05, 0.1) is 0 Å². The largest absolute Gasteiger partial charge is 0.480 e. The SMILES string of the molecule is CC(CCNC(=O)OCC1c2ccccc2-c2ccccc21)CC(=O)N1CC(C)(C)C1C(=O)O. The predicted molar refractivity (Wildman–Crippen MR) is 128 cm³/mol. The molecule has 1 aliphatic heterocycles. The summed E-state index contributed by atoms with van der Waals surface area (Å²) in [6.07, 6.45) is 0.382. The molecular weight excluding hydrogens is 432 g/mol. The number of fused-ring (bicyclic) bond motifs is 3. The van der Waals surface area contributed by atoms with E-state index in [0.717, 1.165) is 11.1 Å². The van der Waals surface area contributed by atoms with Crippen LogP contribution in [0.15, 0.2) is 48.5 Å². The van der Waals surface area contributed by atoms with Crippen molar-refractivity contribution in [2.24, 2.45) is 11.3 Å². The Labute approximate surface area is 200 Å². The second-order valence-electron chi connectivity index (χ2n) is 10.1. The number of aliphatic carboxylic acids is 1. The van der Waals surface area contributed by atoms with Gasteiger partial charge in [-0.1, -0.05) is 69.3 Å². The molecule has 2 aromatic carbocycles. The van der Waals surface area contributed by atoms with E-state index in [1.54, 1.807) is 0 Å². The Morgan fingerprint density at radius 3 is 2.24 bits per heavy atom. The van der Waals surface area contributed by atoms with E-state index >= 15 is 0 Å². The third kappa shape index (κ3) is 4.65. The molecule has 0 saturated carbocycles. The van der Waals surface area contributed by atoms with Crippen LogP contribution in [0.5, 0.6) is 0 Å². The molecule has 2 aromatic rings. The van der Waals surface area contributed by atoms with E-state index in [9.17, 15) is 19.5 Å². The fourth-order valence-corrected chi connectivity index (χ4v) is 5.21. The summed E-state index contributed by atoms with van der Waals surface area (Å²) in [6, 6.07) is 15.6. The van der Waals surface area contributed by atoms with Gasteiger partial charge in [0, 0.05) is 30.8 Å². The number of carbonyl (C=O) groups is 3. The number of hydrogen-bond donors (Lipinski definition) is 2. The van der Waals surface area contributed by atoms with E-state index in [-0.39, 0.29) is 30.8 Å². The van der Waals surface area contributed by atoms with Gasteiger partial charge in [0.15, 0.2) is 0 Å². The van der Waals surface area contributed by atoms with Gasteiger partial charge in [-0.25, -0.2) is 9.59 Å². The van der Waals surface area contributed by atoms with Gasteiger partial charge in [-0.15, -0.1) is 0 Å². The second kappa shape index (κ2) is 9.49. The number of nitrogens with one attached hydrogen (secondary N) is 1. The van der Waals surface area contributed by atoms with Crippen molar-refractivity contribution in [3.05, 3.63) is 59.7 Å². The van der Waals surface area contributed by atoms with Crippen LogP contribution in [0.2, 0.25) is 0 Å². The summed E-state index contributed by atoms with van der Waals surface area (Å²) in [7, 11) is 0. The predicted octanol–water partition coefficient (Wildman–Crippen LogP) is 4.26. The van der Waals surface area contributed by atoms with Crippen LogP contribution in [-0.4, -0.2) is 53.7 Å². The smallest absolute Gasteiger partial charge is 0.407 e. The quantitative estimate of drug-likeness (QED) is 0.609. The number of benzene rings is 2. The highest BCUT2D eigenvalue weighted by Gasteiger charge is 2.52. The molecule has 2 amide bonds. The van der Waals surface area contributed by atoms with Gasteiger partial charge in [0.1, 0.15) is 12.6 Å². The maximum absolute atomic E-state index is 12.5. The molecule has 1 heterocycles. The summed E-state index contributed by atoms with van der Waals surface area (Å²) < 4.78 is 5.54. The van der Waals surface area contributed by atoms with Crippen molar-refractivity contribution in [1.29, 1.82) is 0 Å². The number of carbonyl (C=O) groups excluding carboxylic acids is 2. The minimum absolute atomic E-state index is 0.0117. The molecule has 2 N–H and O–H groups in total. The number of amides is 2. The molecule has 0 bridgehead atoms. The molecule has 34 heavy (non-hydrogen) atoms. The average molecular weight is 465 g/mol. The number of ether oxygens (including phenoxy) is 1. The monoisotopic (exact) mass is 464 g/mol. The molecule has 7 nitrogen and oxygen atoms in total. The van der Waals surface area contributed by atoms with Crippen LogP contribution in [0, 0.1) is 11.3 Å². The lowest BCUT2D eigenvalue weighted by Gasteiger charge is -2.51. The van der Waals surface area contributed by atoms with E-state index in [2.05, 4.69) is 29.6 Å². The Hall–Kier alpha value is -3.35. The Balaban J connectivity index is 1.22. The van der Waals surface area contributed by atoms with Crippen LogP contribution >= 0.6 is 0 Å². The van der Waals surface area contributed by atoms with Crippen molar-refractivity contribution in [2.75, 3.05) is 19.7 Å². The van der Waals surface area contributed by atoms with Crippen molar-refractivity contribution in [3.63, 3.8) is 0 Å². The van der Waals surface area contributed by atoms with Crippen LogP contribution in [0.3, 0.4) is 0 Å². The summed E-state index contributed by atoms with van der Waals surface area (Å²) in [6.45, 7) is 6.74. The van der Waals surface area contributed by atoms with Crippen molar-refractivity contribution < 1.29 is 24.2 Å². The topological polar surface area (TPSA) is 95.9 Å². The lowest BCUT2D eigenvalue weighted by atomic mass is 9.74. The zero-order valence-electron chi connectivity index (χ0n) is 19.9. The van der Waals surface area contributed by atoms with Crippen LogP contribution in [-0.2, 0) is 14.3 Å². The fraction of sp³-hybridized carbons (Fsp3) is 0.444. The zero-order chi connectivity index (χ0) is 24.5. The molecule has 2 atom stereocenters. The molecule has 4 rings (SSSR count). The summed E-state index contributed by atoms with van der Waals surface area (Å²) in [5, 5.41) is 12.2. The molecule has 1 aliphatic carbocycles. The lowest BCUT2D eigenvalue weighted by Crippen LogP contribution is -2.67. The molecule has 1 fully saturated rings. The van der Waals surface area contributed by atoms with Crippen LogP contribution in [0.25, 0.3) is 11.1 Å². The van der Waals surface area contributed by atoms with Gasteiger partial charge in [-0.3, -0.25) is 4.79 Å². The molecule has 0 aromatic heterocycles. The van der Waals surface area contributed by atoms with E-state index in [4.69, 9.17) is 4.74 Å². The number of carboxylic acid groups (broad SMARTS) is 1. The first-order valence-corrected chi connectivity index (χ1v) is 11.8. The minimum atomic E-state index is -0.964. The minimum Gasteiger partial charge on any atom is -0.480 e. The van der Waals surface area contributed by atoms with Gasteiger partial charge >= 0.3 is 12.1 Å². The molecule has 0 spiro atoms. The van der Waals surface area contributed by atoms with Crippen molar-refractivity contribution in [3.8, 4) is 11.1 Å². The summed E-state index contributed by atoms with van der Waals surface area (Å²) in [4.78, 5) is 37.8. The molecule has 2 unspecified atom stereocenters. The van der Waals surface area contributed by atoms with Crippen molar-refractivity contribution in [1.82, 2.24) is 10.2 Å². The molecule has 2 aliphatic rings. The maximum Gasteiger partial charge on any atom is 0.407 e. The molecule has 180 valence electrons. The molecule has 0 radical (unpaired) electrons. The molecular formula is C27H32N2O5. The summed E-state index contributed by atoms with van der Waals surface area (Å²) >= 11 is 0. The van der Waals surface area contributed by atoms with Crippen LogP contribution < -0.4 is 5.32 Å². The number of rotatable bonds is 8. The van der Waals surface area contributed by atoms with Gasteiger partial charge in [0.2, 0.25) is 5.91 Å². The highest BCUT2D eigenvalue weighted by molar-refractivity contribution is 5.86. The van der Waals surface area contributed by atoms with E-state index in [1.165, 1.54) is 16.0 Å². The number of carboxylic acids is 1. The Morgan fingerprint density at radius 1 is 1.09 bits per heavy atom. The standard InChI is InChI=1S/C27H32N2O5/c1-17(14-23(30)29-16-27(2,3)24(29)25(31)32)12-13-28-26(33)34-15-22-20-10-6-4-8-18(20)19-9-5-7-11-21(19)22/h4-11,17,22,24H,12-16H2,1-3H3,(H,28,33)(H,31,32). The van der Waals surface area contributed by atoms with Gasteiger partial charge in [-0.05, 0) is 34.6 Å². The fourth-order valence-electron chi connectivity index (χ4n) is 5.21. The van der Waals surface area contributed by atoms with Crippen LogP contribution in [0.4, 0.5) is 4.79 Å². The lowest BCUT2D eigenvalue weighted by molar-refractivity contribution is -0.172. The van der Waals surface area contributed by atoms with Gasteiger partial charge < -0.3 is 20.1 Å². The summed E-state index contributed by atoms with van der Waals surface area (Å²) in [5.74, 6) is -1.09. The van der Waals surface area contributed by atoms with Crippen molar-refractivity contribution >= 4 is 18.0 Å². The van der Waals surface area contributed by atoms with Gasteiger partial charge in [-0.2, -0.15) is 0 Å². The van der Waals surface area contributed by atoms with Crippen LogP contribution in [0.1, 0.15) is 50.7 Å². The Morgan fingerprint density at radius 2 is 1.68 bits per heavy atom. The first-order valence-electron chi connectivity index (χ1n) is 11.8. The van der Waals surface area contributed by atoms with E-state index in [1.807, 2.05) is 45.0 Å². The second-order valence-corrected chi connectivity index (χ2v) is 10.1. The average Bonchev–Trinajstić information content (AvgIpc) is 3.09. The first kappa shape index (κ1) is 23.8. The summed E-state index contributed by atoms with van der Waals surface area (Å²) in [5.41, 5.74) is 4.29. The first-order chi connectivity index (χ1) is 16.2. The molecule has 7 heteroatoms. The molecule has 1 saturated heterocycles. The number of alkyl carbamates (subject to hydrolysis) is 1. The highest BCUT2D eigenvalue weighted by Crippen LogP contribution is 2.44. The Kier molecular flexibility index (Phi) is 6.64. The normalized spacial score (nSPS) is 18.9. The third-order valence-corrected chi connectivity index (χ3v) is 6.96. The Bertz CT molecular complexity index is 1050.